The average Bonchev–Trinajstić information content (AvgIpc) is 2.80. The fourth-order valence-electron chi connectivity index (χ4n) is 2.07. The lowest BCUT2D eigenvalue weighted by molar-refractivity contribution is 0.468. The quantitative estimate of drug-likeness (QED) is 0.876. The Morgan fingerprint density at radius 3 is 2.52 bits per heavy atom. The molecule has 7 heteroatoms. The van der Waals surface area contributed by atoms with Crippen molar-refractivity contribution in [2.45, 2.75) is 32.2 Å². The molecule has 21 heavy (non-hydrogen) atoms. The second-order valence-corrected chi connectivity index (χ2v) is 7.97. The first-order chi connectivity index (χ1) is 9.75. The van der Waals surface area contributed by atoms with E-state index < -0.39 is 10.0 Å². The summed E-state index contributed by atoms with van der Waals surface area (Å²) >= 11 is 1.45. The summed E-state index contributed by atoms with van der Waals surface area (Å²) in [5.41, 5.74) is 10.4. The number of hydrogen-bond donors (Lipinski definition) is 1. The number of thiazole rings is 1. The second kappa shape index (κ2) is 5.75. The fourth-order valence-corrected chi connectivity index (χ4v) is 4.51. The largest absolute Gasteiger partial charge is 0.398 e. The van der Waals surface area contributed by atoms with E-state index in [2.05, 4.69) is 4.98 Å². The van der Waals surface area contributed by atoms with Crippen molar-refractivity contribution in [1.82, 2.24) is 9.29 Å². The highest BCUT2D eigenvalue weighted by molar-refractivity contribution is 7.89. The van der Waals surface area contributed by atoms with Gasteiger partial charge in [0.1, 0.15) is 4.90 Å². The maximum Gasteiger partial charge on any atom is 0.245 e. The second-order valence-electron chi connectivity index (χ2n) is 5.05. The van der Waals surface area contributed by atoms with Crippen molar-refractivity contribution >= 4 is 27.0 Å². The van der Waals surface area contributed by atoms with Gasteiger partial charge in [-0.15, -0.1) is 11.3 Å². The summed E-state index contributed by atoms with van der Waals surface area (Å²) in [4.78, 5) is 5.28. The number of benzene rings is 1. The predicted octanol–water partition coefficient (Wildman–Crippen LogP) is 2.47. The summed E-state index contributed by atoms with van der Waals surface area (Å²) < 4.78 is 26.9. The van der Waals surface area contributed by atoms with Crippen LogP contribution in [0.5, 0.6) is 0 Å². The van der Waals surface area contributed by atoms with Crippen molar-refractivity contribution in [3.05, 3.63) is 39.3 Å². The highest BCUT2D eigenvalue weighted by atomic mass is 32.2. The van der Waals surface area contributed by atoms with E-state index in [0.29, 0.717) is 12.1 Å². The van der Waals surface area contributed by atoms with E-state index in [1.165, 1.54) is 15.6 Å². The van der Waals surface area contributed by atoms with Gasteiger partial charge in [-0.3, -0.25) is 0 Å². The molecule has 0 amide bonds. The van der Waals surface area contributed by atoms with Crippen LogP contribution < -0.4 is 5.73 Å². The molecular formula is C14H19N3O2S2. The summed E-state index contributed by atoms with van der Waals surface area (Å²) in [5, 5.41) is 0. The van der Waals surface area contributed by atoms with Crippen LogP contribution in [-0.4, -0.2) is 24.8 Å². The summed E-state index contributed by atoms with van der Waals surface area (Å²) in [5.74, 6) is 0. The van der Waals surface area contributed by atoms with Gasteiger partial charge in [-0.2, -0.15) is 4.31 Å². The van der Waals surface area contributed by atoms with Crippen LogP contribution in [0, 0.1) is 20.8 Å². The Labute approximate surface area is 129 Å². The van der Waals surface area contributed by atoms with Gasteiger partial charge in [0.05, 0.1) is 16.9 Å². The summed E-state index contributed by atoms with van der Waals surface area (Å²) in [6.45, 7) is 5.83. The standard InChI is InChI=1S/C14H19N3O2S2/c1-9-5-6-12(15)14(10(9)2)21(18,19)17(4)7-13-11(3)16-8-20-13/h5-6,8H,7,15H2,1-4H3. The summed E-state index contributed by atoms with van der Waals surface area (Å²) in [6.07, 6.45) is 0. The van der Waals surface area contributed by atoms with Crippen LogP contribution in [-0.2, 0) is 16.6 Å². The van der Waals surface area contributed by atoms with Gasteiger partial charge in [-0.1, -0.05) is 6.07 Å². The van der Waals surface area contributed by atoms with Crippen LogP contribution in [0.4, 0.5) is 5.69 Å². The van der Waals surface area contributed by atoms with Gasteiger partial charge in [0.15, 0.2) is 0 Å². The van der Waals surface area contributed by atoms with Crippen molar-refractivity contribution in [3.8, 4) is 0 Å². The van der Waals surface area contributed by atoms with Gasteiger partial charge < -0.3 is 5.73 Å². The van der Waals surface area contributed by atoms with Gasteiger partial charge in [-0.05, 0) is 38.0 Å². The monoisotopic (exact) mass is 325 g/mol. The minimum absolute atomic E-state index is 0.201. The Morgan fingerprint density at radius 1 is 1.29 bits per heavy atom. The molecule has 0 fully saturated rings. The molecule has 1 aromatic carbocycles. The molecule has 0 saturated heterocycles. The lowest BCUT2D eigenvalue weighted by Crippen LogP contribution is -2.28. The molecule has 0 aliphatic carbocycles. The Hall–Kier alpha value is -1.44. The highest BCUT2D eigenvalue weighted by Crippen LogP contribution is 2.29. The van der Waals surface area contributed by atoms with Crippen LogP contribution in [0.15, 0.2) is 22.5 Å². The average molecular weight is 325 g/mol. The molecular weight excluding hydrogens is 306 g/mol. The van der Waals surface area contributed by atoms with Crippen LogP contribution in [0.3, 0.4) is 0 Å². The number of nitrogen functional groups attached to an aromatic ring is 1. The molecule has 2 N–H and O–H groups in total. The predicted molar refractivity (Wildman–Crippen MR) is 85.8 cm³/mol. The van der Waals surface area contributed by atoms with E-state index in [1.807, 2.05) is 19.9 Å². The zero-order valence-electron chi connectivity index (χ0n) is 12.5. The van der Waals surface area contributed by atoms with Crippen LogP contribution in [0.1, 0.15) is 21.7 Å². The summed E-state index contributed by atoms with van der Waals surface area (Å²) in [7, 11) is -2.06. The zero-order chi connectivity index (χ0) is 15.8. The maximum atomic E-state index is 12.8. The van der Waals surface area contributed by atoms with Crippen molar-refractivity contribution < 1.29 is 8.42 Å². The number of nitrogens with zero attached hydrogens (tertiary/aromatic N) is 2. The van der Waals surface area contributed by atoms with Gasteiger partial charge >= 0.3 is 0 Å². The van der Waals surface area contributed by atoms with E-state index in [1.54, 1.807) is 25.5 Å². The van der Waals surface area contributed by atoms with E-state index in [0.717, 1.165) is 16.1 Å². The molecule has 0 atom stereocenters. The Bertz CT molecular complexity index is 767. The first-order valence-corrected chi connectivity index (χ1v) is 8.78. The zero-order valence-corrected chi connectivity index (χ0v) is 14.2. The molecule has 2 rings (SSSR count). The number of sulfonamides is 1. The first-order valence-electron chi connectivity index (χ1n) is 6.46. The lowest BCUT2D eigenvalue weighted by atomic mass is 10.1. The number of aromatic nitrogens is 1. The van der Waals surface area contributed by atoms with Gasteiger partial charge in [0.2, 0.25) is 10.0 Å². The molecule has 0 bridgehead atoms. The normalized spacial score (nSPS) is 12.0. The van der Waals surface area contributed by atoms with E-state index in [9.17, 15) is 8.42 Å². The van der Waals surface area contributed by atoms with E-state index in [4.69, 9.17) is 5.73 Å². The molecule has 0 spiro atoms. The molecule has 0 unspecified atom stereocenters. The van der Waals surface area contributed by atoms with Crippen molar-refractivity contribution in [1.29, 1.82) is 0 Å². The Balaban J connectivity index is 2.43. The number of anilines is 1. The SMILES string of the molecule is Cc1ccc(N)c(S(=O)(=O)N(C)Cc2scnc2C)c1C. The van der Waals surface area contributed by atoms with E-state index in [-0.39, 0.29) is 10.6 Å². The highest BCUT2D eigenvalue weighted by Gasteiger charge is 2.26. The minimum Gasteiger partial charge on any atom is -0.398 e. The van der Waals surface area contributed by atoms with Gasteiger partial charge in [0, 0.05) is 18.5 Å². The maximum absolute atomic E-state index is 12.8. The minimum atomic E-state index is -3.63. The molecule has 0 radical (unpaired) electrons. The lowest BCUT2D eigenvalue weighted by Gasteiger charge is -2.20. The van der Waals surface area contributed by atoms with Gasteiger partial charge in [0.25, 0.3) is 0 Å². The number of rotatable bonds is 4. The molecule has 1 heterocycles. The van der Waals surface area contributed by atoms with Crippen LogP contribution in [0.2, 0.25) is 0 Å². The molecule has 0 saturated carbocycles. The van der Waals surface area contributed by atoms with Crippen LogP contribution in [0.25, 0.3) is 0 Å². The molecule has 114 valence electrons. The number of hydrogen-bond acceptors (Lipinski definition) is 5. The van der Waals surface area contributed by atoms with Gasteiger partial charge in [-0.25, -0.2) is 13.4 Å². The Kier molecular flexibility index (Phi) is 4.36. The van der Waals surface area contributed by atoms with Crippen molar-refractivity contribution in [3.63, 3.8) is 0 Å². The third-order valence-corrected chi connectivity index (χ3v) is 6.51. The number of nitrogens with two attached hydrogens (primary N) is 1. The fraction of sp³-hybridized carbons (Fsp3) is 0.357. The third kappa shape index (κ3) is 2.95. The van der Waals surface area contributed by atoms with E-state index >= 15 is 0 Å². The summed E-state index contributed by atoms with van der Waals surface area (Å²) in [6, 6.07) is 3.47. The smallest absolute Gasteiger partial charge is 0.245 e. The molecule has 0 aliphatic rings. The molecule has 5 nitrogen and oxygen atoms in total. The first kappa shape index (κ1) is 15.9. The van der Waals surface area contributed by atoms with Crippen molar-refractivity contribution in [2.75, 3.05) is 12.8 Å². The topological polar surface area (TPSA) is 76.3 Å². The Morgan fingerprint density at radius 2 is 1.95 bits per heavy atom. The molecule has 0 aliphatic heterocycles. The van der Waals surface area contributed by atoms with Crippen molar-refractivity contribution in [2.24, 2.45) is 0 Å². The molecule has 2 aromatic rings. The third-order valence-electron chi connectivity index (χ3n) is 3.59. The molecule has 1 aromatic heterocycles. The van der Waals surface area contributed by atoms with Crippen LogP contribution >= 0.6 is 11.3 Å². The number of aryl methyl sites for hydroxylation is 2.